The molecule has 0 aliphatic rings. The van der Waals surface area contributed by atoms with Crippen molar-refractivity contribution >= 4 is 11.6 Å². The van der Waals surface area contributed by atoms with Crippen molar-refractivity contribution in [3.8, 4) is 0 Å². The number of amides is 1. The lowest BCUT2D eigenvalue weighted by molar-refractivity contribution is -0.115. The van der Waals surface area contributed by atoms with E-state index in [0.717, 1.165) is 11.3 Å². The Kier molecular flexibility index (Phi) is 6.53. The molecule has 0 radical (unpaired) electrons. The van der Waals surface area contributed by atoms with Gasteiger partial charge in [0.25, 0.3) is 0 Å². The SMILES string of the molecule is Cc1ccccc1NC(=O)CNC(CCO)C(C)C. The van der Waals surface area contributed by atoms with E-state index in [1.807, 2.05) is 31.2 Å². The molecule has 0 heterocycles. The van der Waals surface area contributed by atoms with E-state index in [9.17, 15) is 4.79 Å². The fraction of sp³-hybridized carbons (Fsp3) is 0.533. The summed E-state index contributed by atoms with van der Waals surface area (Å²) in [5.41, 5.74) is 1.89. The molecule has 106 valence electrons. The Balaban J connectivity index is 2.45. The van der Waals surface area contributed by atoms with Crippen molar-refractivity contribution in [2.75, 3.05) is 18.5 Å². The number of hydrogen-bond donors (Lipinski definition) is 3. The van der Waals surface area contributed by atoms with E-state index in [0.29, 0.717) is 12.3 Å². The summed E-state index contributed by atoms with van der Waals surface area (Å²) in [5, 5.41) is 15.1. The number of carbonyl (C=O) groups excluding carboxylic acids is 1. The lowest BCUT2D eigenvalue weighted by Gasteiger charge is -2.21. The molecule has 0 saturated carbocycles. The fourth-order valence-corrected chi connectivity index (χ4v) is 1.94. The van der Waals surface area contributed by atoms with Gasteiger partial charge in [0, 0.05) is 18.3 Å². The summed E-state index contributed by atoms with van der Waals surface area (Å²) in [6, 6.07) is 7.86. The molecular weight excluding hydrogens is 240 g/mol. The zero-order valence-electron chi connectivity index (χ0n) is 11.9. The van der Waals surface area contributed by atoms with Crippen LogP contribution in [0.1, 0.15) is 25.8 Å². The number of aliphatic hydroxyl groups excluding tert-OH is 1. The molecule has 4 nitrogen and oxygen atoms in total. The highest BCUT2D eigenvalue weighted by Crippen LogP contribution is 2.12. The smallest absolute Gasteiger partial charge is 0.238 e. The van der Waals surface area contributed by atoms with E-state index < -0.39 is 0 Å². The third-order valence-corrected chi connectivity index (χ3v) is 3.19. The van der Waals surface area contributed by atoms with Crippen molar-refractivity contribution in [3.05, 3.63) is 29.8 Å². The first-order valence-corrected chi connectivity index (χ1v) is 6.74. The average Bonchev–Trinajstić information content (AvgIpc) is 2.37. The normalized spacial score (nSPS) is 12.5. The van der Waals surface area contributed by atoms with Gasteiger partial charge in [0.05, 0.1) is 6.54 Å². The molecule has 1 atom stereocenters. The summed E-state index contributed by atoms with van der Waals surface area (Å²) in [4.78, 5) is 11.9. The number of hydrogen-bond acceptors (Lipinski definition) is 3. The summed E-state index contributed by atoms with van der Waals surface area (Å²) < 4.78 is 0. The molecule has 0 saturated heterocycles. The van der Waals surface area contributed by atoms with Gasteiger partial charge in [0.1, 0.15) is 0 Å². The Morgan fingerprint density at radius 2 is 2.00 bits per heavy atom. The maximum absolute atomic E-state index is 11.9. The van der Waals surface area contributed by atoms with E-state index in [1.54, 1.807) is 0 Å². The first kappa shape index (κ1) is 15.7. The van der Waals surface area contributed by atoms with Crippen molar-refractivity contribution in [2.45, 2.75) is 33.2 Å². The zero-order valence-corrected chi connectivity index (χ0v) is 11.9. The minimum absolute atomic E-state index is 0.0575. The monoisotopic (exact) mass is 264 g/mol. The molecular formula is C15H24N2O2. The zero-order chi connectivity index (χ0) is 14.3. The fourth-order valence-electron chi connectivity index (χ4n) is 1.94. The molecule has 0 fully saturated rings. The number of aliphatic hydroxyl groups is 1. The minimum atomic E-state index is -0.0575. The summed E-state index contributed by atoms with van der Waals surface area (Å²) in [6.07, 6.45) is 0.662. The highest BCUT2D eigenvalue weighted by molar-refractivity contribution is 5.92. The van der Waals surface area contributed by atoms with Gasteiger partial charge in [0.15, 0.2) is 0 Å². The van der Waals surface area contributed by atoms with Gasteiger partial charge in [-0.3, -0.25) is 4.79 Å². The van der Waals surface area contributed by atoms with E-state index in [4.69, 9.17) is 5.11 Å². The maximum Gasteiger partial charge on any atom is 0.238 e. The quantitative estimate of drug-likeness (QED) is 0.705. The highest BCUT2D eigenvalue weighted by Gasteiger charge is 2.13. The Bertz CT molecular complexity index is 405. The van der Waals surface area contributed by atoms with Crippen LogP contribution in [-0.4, -0.2) is 30.2 Å². The van der Waals surface area contributed by atoms with Crippen LogP contribution >= 0.6 is 0 Å². The van der Waals surface area contributed by atoms with Crippen LogP contribution in [0.25, 0.3) is 0 Å². The first-order valence-electron chi connectivity index (χ1n) is 6.74. The van der Waals surface area contributed by atoms with Crippen molar-refractivity contribution in [1.82, 2.24) is 5.32 Å². The van der Waals surface area contributed by atoms with Gasteiger partial charge >= 0.3 is 0 Å². The number of rotatable bonds is 7. The van der Waals surface area contributed by atoms with Crippen LogP contribution in [0.15, 0.2) is 24.3 Å². The topological polar surface area (TPSA) is 61.4 Å². The summed E-state index contributed by atoms with van der Waals surface area (Å²) in [7, 11) is 0. The summed E-state index contributed by atoms with van der Waals surface area (Å²) >= 11 is 0. The van der Waals surface area contributed by atoms with E-state index in [-0.39, 0.29) is 25.1 Å². The Morgan fingerprint density at radius 1 is 1.32 bits per heavy atom. The van der Waals surface area contributed by atoms with Gasteiger partial charge in [-0.25, -0.2) is 0 Å². The largest absolute Gasteiger partial charge is 0.396 e. The van der Waals surface area contributed by atoms with Gasteiger partial charge in [-0.05, 0) is 30.9 Å². The third kappa shape index (κ3) is 5.41. The Morgan fingerprint density at radius 3 is 2.58 bits per heavy atom. The third-order valence-electron chi connectivity index (χ3n) is 3.19. The second-order valence-corrected chi connectivity index (χ2v) is 5.11. The van der Waals surface area contributed by atoms with Gasteiger partial charge in [-0.15, -0.1) is 0 Å². The molecule has 0 aromatic heterocycles. The molecule has 1 aromatic carbocycles. The lowest BCUT2D eigenvalue weighted by atomic mass is 10.0. The number of carbonyl (C=O) groups is 1. The second-order valence-electron chi connectivity index (χ2n) is 5.11. The molecule has 0 bridgehead atoms. The molecule has 0 aliphatic carbocycles. The van der Waals surface area contributed by atoms with Crippen LogP contribution in [0.2, 0.25) is 0 Å². The van der Waals surface area contributed by atoms with E-state index in [1.165, 1.54) is 0 Å². The molecule has 1 aromatic rings. The molecule has 0 aliphatic heterocycles. The van der Waals surface area contributed by atoms with Gasteiger partial charge in [0.2, 0.25) is 5.91 Å². The van der Waals surface area contributed by atoms with Gasteiger partial charge in [-0.1, -0.05) is 32.0 Å². The molecule has 0 spiro atoms. The molecule has 19 heavy (non-hydrogen) atoms. The number of anilines is 1. The summed E-state index contributed by atoms with van der Waals surface area (Å²) in [5.74, 6) is 0.330. The Labute approximate surface area is 115 Å². The molecule has 1 unspecified atom stereocenters. The van der Waals surface area contributed by atoms with Crippen LogP contribution in [0.3, 0.4) is 0 Å². The van der Waals surface area contributed by atoms with Crippen LogP contribution < -0.4 is 10.6 Å². The average molecular weight is 264 g/mol. The first-order chi connectivity index (χ1) is 9.04. The number of para-hydroxylation sites is 1. The van der Waals surface area contributed by atoms with Gasteiger partial charge < -0.3 is 15.7 Å². The van der Waals surface area contributed by atoms with E-state index >= 15 is 0 Å². The highest BCUT2D eigenvalue weighted by atomic mass is 16.3. The second kappa shape index (κ2) is 7.92. The molecule has 1 rings (SSSR count). The van der Waals surface area contributed by atoms with Crippen LogP contribution in [0.5, 0.6) is 0 Å². The van der Waals surface area contributed by atoms with Crippen molar-refractivity contribution in [3.63, 3.8) is 0 Å². The van der Waals surface area contributed by atoms with Crippen molar-refractivity contribution in [2.24, 2.45) is 5.92 Å². The standard InChI is InChI=1S/C15H24N2O2/c1-11(2)13(8-9-18)16-10-15(19)17-14-7-5-4-6-12(14)3/h4-7,11,13,16,18H,8-10H2,1-3H3,(H,17,19). The predicted molar refractivity (Wildman–Crippen MR) is 78.1 cm³/mol. The van der Waals surface area contributed by atoms with Crippen LogP contribution in [-0.2, 0) is 4.79 Å². The predicted octanol–water partition coefficient (Wildman–Crippen LogP) is 1.93. The maximum atomic E-state index is 11.9. The Hall–Kier alpha value is -1.39. The molecule has 1 amide bonds. The molecule has 4 heteroatoms. The van der Waals surface area contributed by atoms with Crippen LogP contribution in [0, 0.1) is 12.8 Å². The summed E-state index contributed by atoms with van der Waals surface area (Å²) in [6.45, 7) is 6.51. The minimum Gasteiger partial charge on any atom is -0.396 e. The number of nitrogens with one attached hydrogen (secondary N) is 2. The van der Waals surface area contributed by atoms with Crippen LogP contribution in [0.4, 0.5) is 5.69 Å². The molecule has 3 N–H and O–H groups in total. The number of benzene rings is 1. The van der Waals surface area contributed by atoms with E-state index in [2.05, 4.69) is 24.5 Å². The number of aryl methyl sites for hydroxylation is 1. The van der Waals surface area contributed by atoms with Crippen molar-refractivity contribution < 1.29 is 9.90 Å². The lowest BCUT2D eigenvalue weighted by Crippen LogP contribution is -2.39. The van der Waals surface area contributed by atoms with Gasteiger partial charge in [-0.2, -0.15) is 0 Å². The van der Waals surface area contributed by atoms with Crippen molar-refractivity contribution in [1.29, 1.82) is 0 Å².